The number of fused-ring (bicyclic) bond motifs is 1. The number of hydroxylamine groups is 1. The first-order valence-corrected chi connectivity index (χ1v) is 18.4. The van der Waals surface area contributed by atoms with Gasteiger partial charge < -0.3 is 5.32 Å². The molecule has 0 heterocycles. The maximum Gasteiger partial charge on any atom is 0.293 e. The summed E-state index contributed by atoms with van der Waals surface area (Å²) >= 11 is 0. The zero-order valence-electron chi connectivity index (χ0n) is 29.5. The highest BCUT2D eigenvalue weighted by Crippen LogP contribution is 2.47. The van der Waals surface area contributed by atoms with E-state index in [0.717, 1.165) is 60.4 Å². The Morgan fingerprint density at radius 2 is 1.46 bits per heavy atom. The number of nitrogens with zero attached hydrogens (tertiary/aromatic N) is 1. The topological polar surface area (TPSA) is 168 Å². The third kappa shape index (κ3) is 8.97. The van der Waals surface area contributed by atoms with E-state index in [9.17, 15) is 28.1 Å². The van der Waals surface area contributed by atoms with E-state index in [4.69, 9.17) is 5.21 Å². The van der Waals surface area contributed by atoms with Gasteiger partial charge in [-0.15, -0.1) is 0 Å². The van der Waals surface area contributed by atoms with Crippen molar-refractivity contribution in [3.05, 3.63) is 105 Å². The van der Waals surface area contributed by atoms with Crippen molar-refractivity contribution in [2.75, 3.05) is 11.9 Å². The van der Waals surface area contributed by atoms with E-state index in [0.29, 0.717) is 19.4 Å². The largest absolute Gasteiger partial charge is 0.379 e. The Balaban J connectivity index is 1.40. The Bertz CT molecular complexity index is 1880. The second kappa shape index (κ2) is 15.6. The average Bonchev–Trinajstić information content (AvgIpc) is 3.07. The van der Waals surface area contributed by atoms with Crippen molar-refractivity contribution in [1.29, 1.82) is 0 Å². The normalized spacial score (nSPS) is 14.7. The van der Waals surface area contributed by atoms with Gasteiger partial charge in [0.15, 0.2) is 0 Å². The molecule has 0 spiro atoms. The van der Waals surface area contributed by atoms with Gasteiger partial charge in [0.25, 0.3) is 21.6 Å². The Kier molecular flexibility index (Phi) is 11.9. The lowest BCUT2D eigenvalue weighted by Gasteiger charge is -2.42. The van der Waals surface area contributed by atoms with Crippen LogP contribution in [0.2, 0.25) is 0 Å². The first kappa shape index (κ1) is 38.3. The van der Waals surface area contributed by atoms with Crippen LogP contribution < -0.4 is 15.5 Å². The number of carbonyl (C=O) groups excluding carboxylic acids is 2. The predicted octanol–water partition coefficient (Wildman–Crippen LogP) is 7.69. The number of nitrogens with one attached hydrogen (secondary N) is 3. The summed E-state index contributed by atoms with van der Waals surface area (Å²) in [5.74, 6) is -1.29. The Labute approximate surface area is 294 Å². The number of nitro groups is 1. The summed E-state index contributed by atoms with van der Waals surface area (Å²) in [5.41, 5.74) is 7.97. The molecule has 4 rings (SSSR count). The van der Waals surface area contributed by atoms with Crippen molar-refractivity contribution in [3.63, 3.8) is 0 Å². The van der Waals surface area contributed by atoms with Gasteiger partial charge in [0.05, 0.1) is 9.82 Å². The number of hydrogen-bond donors (Lipinski definition) is 4. The van der Waals surface area contributed by atoms with Crippen LogP contribution in [0.3, 0.4) is 0 Å². The fourth-order valence-electron chi connectivity index (χ4n) is 6.46. The SMILES string of the molecule is C=C(c1ccc(C(=O)NS(=O)(=O)c2ccc(NCCCCCCCC(=O)NO)c([N+](=O)[O-])c2)cc1)c1cc2c(cc1C)C(C)(C)CCC2(C)C. The zero-order chi connectivity index (χ0) is 36.9. The first-order valence-electron chi connectivity index (χ1n) is 16.9. The molecule has 0 aliphatic heterocycles. The zero-order valence-corrected chi connectivity index (χ0v) is 30.3. The number of benzene rings is 3. The molecule has 1 aliphatic rings. The van der Waals surface area contributed by atoms with Crippen LogP contribution in [0.25, 0.3) is 5.57 Å². The standard InChI is InChI=1S/C38H48N4O7S/c1-25-22-31-32(38(5,6)20-19-37(31,3)4)24-30(25)26(2)27-13-15-28(16-14-27)36(44)41-50(48,49)29-17-18-33(34(23-29)42(46)47)39-21-11-9-7-8-10-12-35(43)40-45/h13-18,22-24,39,45H,2,7-12,19-21H2,1,3-6H3,(H,40,43)(H,41,44). The smallest absolute Gasteiger partial charge is 0.293 e. The van der Waals surface area contributed by atoms with Crippen LogP contribution in [0.1, 0.15) is 117 Å². The van der Waals surface area contributed by atoms with Crippen LogP contribution in [-0.4, -0.2) is 36.9 Å². The van der Waals surface area contributed by atoms with E-state index in [2.05, 4.69) is 58.6 Å². The molecular weight excluding hydrogens is 657 g/mol. The van der Waals surface area contributed by atoms with Crippen LogP contribution >= 0.6 is 0 Å². The van der Waals surface area contributed by atoms with Crippen LogP contribution in [0.5, 0.6) is 0 Å². The highest BCUT2D eigenvalue weighted by atomic mass is 32.2. The molecule has 11 nitrogen and oxygen atoms in total. The second-order valence-corrected chi connectivity index (χ2v) is 16.1. The van der Waals surface area contributed by atoms with Crippen LogP contribution in [0.4, 0.5) is 11.4 Å². The summed E-state index contributed by atoms with van der Waals surface area (Å²) in [4.78, 5) is 34.8. The Hall–Kier alpha value is -4.55. The molecule has 0 unspecified atom stereocenters. The third-order valence-corrected chi connectivity index (χ3v) is 11.1. The van der Waals surface area contributed by atoms with Gasteiger partial charge in [0, 0.05) is 24.6 Å². The summed E-state index contributed by atoms with van der Waals surface area (Å²) in [5, 5.41) is 23.3. The number of carbonyl (C=O) groups is 2. The second-order valence-electron chi connectivity index (χ2n) is 14.4. The minimum absolute atomic E-state index is 0.0311. The molecular formula is C38H48N4O7S. The van der Waals surface area contributed by atoms with Crippen LogP contribution in [0.15, 0.2) is 66.1 Å². The summed E-state index contributed by atoms with van der Waals surface area (Å²) in [6, 6.07) is 14.5. The molecule has 3 aromatic carbocycles. The highest BCUT2D eigenvalue weighted by Gasteiger charge is 2.37. The van der Waals surface area contributed by atoms with Crippen molar-refractivity contribution in [2.24, 2.45) is 0 Å². The van der Waals surface area contributed by atoms with Gasteiger partial charge in [-0.2, -0.15) is 0 Å². The molecule has 0 aromatic heterocycles. The summed E-state index contributed by atoms with van der Waals surface area (Å²) < 4.78 is 28.3. The van der Waals surface area contributed by atoms with Gasteiger partial charge in [0.1, 0.15) is 5.69 Å². The number of rotatable bonds is 15. The van der Waals surface area contributed by atoms with E-state index in [-0.39, 0.29) is 28.5 Å². The summed E-state index contributed by atoms with van der Waals surface area (Å²) in [6.07, 6.45) is 6.26. The van der Waals surface area contributed by atoms with Crippen LogP contribution in [-0.2, 0) is 25.6 Å². The lowest BCUT2D eigenvalue weighted by atomic mass is 9.62. The third-order valence-electron chi connectivity index (χ3n) is 9.74. The molecule has 0 saturated carbocycles. The number of hydrogen-bond acceptors (Lipinski definition) is 8. The minimum atomic E-state index is -4.42. The molecule has 12 heteroatoms. The molecule has 1 aliphatic carbocycles. The number of aryl methyl sites for hydroxylation is 1. The molecule has 2 amide bonds. The maximum atomic E-state index is 13.1. The van der Waals surface area contributed by atoms with Gasteiger partial charge in [-0.3, -0.25) is 24.9 Å². The predicted molar refractivity (Wildman–Crippen MR) is 195 cm³/mol. The molecule has 3 aromatic rings. The van der Waals surface area contributed by atoms with Crippen LogP contribution in [0, 0.1) is 17.0 Å². The lowest BCUT2D eigenvalue weighted by Crippen LogP contribution is -2.34. The van der Waals surface area contributed by atoms with Crippen molar-refractivity contribution in [2.45, 2.75) is 102 Å². The number of anilines is 1. The molecule has 0 fully saturated rings. The van der Waals surface area contributed by atoms with E-state index < -0.39 is 37.3 Å². The van der Waals surface area contributed by atoms with Gasteiger partial charge in [-0.05, 0) is 101 Å². The quantitative estimate of drug-likeness (QED) is 0.0541. The van der Waals surface area contributed by atoms with E-state index in [1.165, 1.54) is 35.4 Å². The Morgan fingerprint density at radius 1 is 0.880 bits per heavy atom. The number of amides is 2. The molecule has 50 heavy (non-hydrogen) atoms. The van der Waals surface area contributed by atoms with Crippen molar-refractivity contribution < 1.29 is 28.1 Å². The average molecular weight is 705 g/mol. The molecule has 0 saturated heterocycles. The van der Waals surface area contributed by atoms with E-state index in [1.807, 2.05) is 4.72 Å². The minimum Gasteiger partial charge on any atom is -0.379 e. The fraction of sp³-hybridized carbons (Fsp3) is 0.421. The van der Waals surface area contributed by atoms with Gasteiger partial charge >= 0.3 is 0 Å². The van der Waals surface area contributed by atoms with Crippen molar-refractivity contribution in [1.82, 2.24) is 10.2 Å². The fourth-order valence-corrected chi connectivity index (χ4v) is 7.46. The molecule has 0 bridgehead atoms. The van der Waals surface area contributed by atoms with Gasteiger partial charge in [-0.1, -0.05) is 77.8 Å². The van der Waals surface area contributed by atoms with Crippen molar-refractivity contribution in [3.8, 4) is 0 Å². The molecule has 0 radical (unpaired) electrons. The Morgan fingerprint density at radius 3 is 2.08 bits per heavy atom. The summed E-state index contributed by atoms with van der Waals surface area (Å²) in [6.45, 7) is 16.0. The molecule has 0 atom stereocenters. The number of sulfonamides is 1. The highest BCUT2D eigenvalue weighted by molar-refractivity contribution is 7.90. The molecule has 4 N–H and O–H groups in total. The van der Waals surface area contributed by atoms with E-state index in [1.54, 1.807) is 17.6 Å². The number of nitro benzene ring substituents is 1. The van der Waals surface area contributed by atoms with Crippen molar-refractivity contribution >= 4 is 38.8 Å². The molecule has 268 valence electrons. The maximum absolute atomic E-state index is 13.1. The van der Waals surface area contributed by atoms with Gasteiger partial charge in [0.2, 0.25) is 5.91 Å². The van der Waals surface area contributed by atoms with E-state index >= 15 is 0 Å². The van der Waals surface area contributed by atoms with Gasteiger partial charge in [-0.25, -0.2) is 18.6 Å². The monoisotopic (exact) mass is 704 g/mol. The number of unbranched alkanes of at least 4 members (excludes halogenated alkanes) is 4. The summed E-state index contributed by atoms with van der Waals surface area (Å²) in [7, 11) is -4.42. The first-order chi connectivity index (χ1) is 23.5. The lowest BCUT2D eigenvalue weighted by molar-refractivity contribution is -0.384.